The monoisotopic (exact) mass is 353 g/mol. The Bertz CT molecular complexity index is 265. The van der Waals surface area contributed by atoms with Crippen molar-refractivity contribution >= 4 is 5.91 Å². The maximum Gasteiger partial charge on any atom is 0.219 e. The quantitative estimate of drug-likeness (QED) is 0.225. The summed E-state index contributed by atoms with van der Waals surface area (Å²) in [5.74, 6) is 0.249. The molecule has 0 saturated heterocycles. The Labute approximate surface area is 158 Å². The summed E-state index contributed by atoms with van der Waals surface area (Å²) in [4.78, 5) is 11.6. The van der Waals surface area contributed by atoms with E-state index in [4.69, 9.17) is 0 Å². The maximum absolute atomic E-state index is 11.6. The molecular formula is C23H47NO. The number of rotatable bonds is 20. The van der Waals surface area contributed by atoms with Gasteiger partial charge in [0.05, 0.1) is 0 Å². The summed E-state index contributed by atoms with van der Waals surface area (Å²) in [6.45, 7) is 5.30. The fourth-order valence-corrected chi connectivity index (χ4v) is 3.33. The maximum atomic E-state index is 11.6. The number of nitrogens with one attached hydrogen (secondary N) is 1. The van der Waals surface area contributed by atoms with E-state index in [0.717, 1.165) is 32.2 Å². The van der Waals surface area contributed by atoms with E-state index < -0.39 is 0 Å². The summed E-state index contributed by atoms with van der Waals surface area (Å²) in [6, 6.07) is 0. The molecule has 150 valence electrons. The lowest BCUT2D eigenvalue weighted by atomic mass is 10.0. The third kappa shape index (κ3) is 21.4. The van der Waals surface area contributed by atoms with Gasteiger partial charge in [-0.1, -0.05) is 117 Å². The molecular weight excluding hydrogens is 306 g/mol. The van der Waals surface area contributed by atoms with Gasteiger partial charge in [-0.3, -0.25) is 4.79 Å². The largest absolute Gasteiger partial charge is 0.356 e. The summed E-state index contributed by atoms with van der Waals surface area (Å²) in [7, 11) is 0. The number of unbranched alkanes of at least 4 members (excludes halogenated alkanes) is 16. The van der Waals surface area contributed by atoms with Crippen LogP contribution in [0.3, 0.4) is 0 Å². The van der Waals surface area contributed by atoms with Crippen molar-refractivity contribution in [1.29, 1.82) is 0 Å². The van der Waals surface area contributed by atoms with E-state index in [1.165, 1.54) is 96.3 Å². The van der Waals surface area contributed by atoms with Crippen molar-refractivity contribution in [3.05, 3.63) is 0 Å². The van der Waals surface area contributed by atoms with Crippen molar-refractivity contribution in [3.63, 3.8) is 0 Å². The lowest BCUT2D eigenvalue weighted by molar-refractivity contribution is -0.121. The second-order valence-corrected chi connectivity index (χ2v) is 7.76. The van der Waals surface area contributed by atoms with E-state index in [2.05, 4.69) is 19.2 Å². The lowest BCUT2D eigenvalue weighted by Gasteiger charge is -2.05. The van der Waals surface area contributed by atoms with E-state index >= 15 is 0 Å². The zero-order valence-corrected chi connectivity index (χ0v) is 17.6. The highest BCUT2D eigenvalue weighted by Gasteiger charge is 2.00. The van der Waals surface area contributed by atoms with Gasteiger partial charge in [-0.05, 0) is 12.8 Å². The van der Waals surface area contributed by atoms with Gasteiger partial charge in [0.15, 0.2) is 0 Å². The molecule has 2 nitrogen and oxygen atoms in total. The minimum absolute atomic E-state index is 0.249. The standard InChI is InChI=1S/C23H47NO/c1-3-5-7-8-9-10-11-12-13-14-15-16-17-18-19-20-21-23(25)24-22-6-4-2/h3-22H2,1-2H3,(H,24,25). The van der Waals surface area contributed by atoms with Crippen molar-refractivity contribution in [2.45, 2.75) is 136 Å². The fraction of sp³-hybridized carbons (Fsp3) is 0.957. The first-order valence-electron chi connectivity index (χ1n) is 11.6. The second kappa shape index (κ2) is 21.5. The van der Waals surface area contributed by atoms with Crippen molar-refractivity contribution < 1.29 is 4.79 Å². The number of amides is 1. The third-order valence-electron chi connectivity index (χ3n) is 5.11. The van der Waals surface area contributed by atoms with Gasteiger partial charge in [0.1, 0.15) is 0 Å². The van der Waals surface area contributed by atoms with Gasteiger partial charge in [-0.25, -0.2) is 0 Å². The molecule has 0 bridgehead atoms. The number of carbonyl (C=O) groups is 1. The summed E-state index contributed by atoms with van der Waals surface area (Å²) < 4.78 is 0. The van der Waals surface area contributed by atoms with E-state index in [1.807, 2.05) is 0 Å². The Kier molecular flexibility index (Phi) is 21.1. The highest BCUT2D eigenvalue weighted by molar-refractivity contribution is 5.75. The van der Waals surface area contributed by atoms with Crippen LogP contribution in [-0.2, 0) is 4.79 Å². The van der Waals surface area contributed by atoms with Crippen molar-refractivity contribution in [2.75, 3.05) is 6.54 Å². The zero-order chi connectivity index (χ0) is 18.4. The molecule has 0 saturated carbocycles. The number of hydrogen-bond donors (Lipinski definition) is 1. The first-order valence-corrected chi connectivity index (χ1v) is 11.6. The van der Waals surface area contributed by atoms with Crippen LogP contribution in [-0.4, -0.2) is 12.5 Å². The Morgan fingerprint density at radius 3 is 1.28 bits per heavy atom. The highest BCUT2D eigenvalue weighted by Crippen LogP contribution is 2.13. The van der Waals surface area contributed by atoms with Gasteiger partial charge in [-0.2, -0.15) is 0 Å². The van der Waals surface area contributed by atoms with Crippen LogP contribution in [0.2, 0.25) is 0 Å². The van der Waals surface area contributed by atoms with Crippen LogP contribution in [0, 0.1) is 0 Å². The van der Waals surface area contributed by atoms with Gasteiger partial charge < -0.3 is 5.32 Å². The summed E-state index contributed by atoms with van der Waals surface area (Å²) in [5.41, 5.74) is 0. The SMILES string of the molecule is CCCCCCCCCCCCCCCCCCC(=O)NCCCC. The second-order valence-electron chi connectivity index (χ2n) is 7.76. The smallest absolute Gasteiger partial charge is 0.219 e. The van der Waals surface area contributed by atoms with Crippen molar-refractivity contribution in [1.82, 2.24) is 5.32 Å². The van der Waals surface area contributed by atoms with Crippen molar-refractivity contribution in [2.24, 2.45) is 0 Å². The van der Waals surface area contributed by atoms with Gasteiger partial charge >= 0.3 is 0 Å². The molecule has 0 aromatic rings. The molecule has 0 aliphatic carbocycles. The average Bonchev–Trinajstić information content (AvgIpc) is 2.61. The number of carbonyl (C=O) groups excluding carboxylic acids is 1. The molecule has 1 amide bonds. The molecule has 25 heavy (non-hydrogen) atoms. The summed E-state index contributed by atoms with van der Waals surface area (Å²) in [5, 5.41) is 3.00. The molecule has 1 N–H and O–H groups in total. The highest BCUT2D eigenvalue weighted by atomic mass is 16.1. The van der Waals surface area contributed by atoms with Crippen LogP contribution in [0.25, 0.3) is 0 Å². The topological polar surface area (TPSA) is 29.1 Å². The molecule has 0 aliphatic rings. The van der Waals surface area contributed by atoms with E-state index in [-0.39, 0.29) is 5.91 Å². The predicted octanol–water partition coefficient (Wildman–Crippen LogP) is 7.55. The predicted molar refractivity (Wildman–Crippen MR) is 112 cm³/mol. The first kappa shape index (κ1) is 24.5. The van der Waals surface area contributed by atoms with Gasteiger partial charge in [0.25, 0.3) is 0 Å². The van der Waals surface area contributed by atoms with Crippen LogP contribution in [0.4, 0.5) is 0 Å². The molecule has 0 aromatic carbocycles. The Hall–Kier alpha value is -0.530. The van der Waals surface area contributed by atoms with Crippen LogP contribution < -0.4 is 5.32 Å². The molecule has 0 unspecified atom stereocenters. The van der Waals surface area contributed by atoms with Gasteiger partial charge in [0.2, 0.25) is 5.91 Å². The molecule has 0 spiro atoms. The molecule has 0 aliphatic heterocycles. The van der Waals surface area contributed by atoms with E-state index in [9.17, 15) is 4.79 Å². The molecule has 0 fully saturated rings. The minimum atomic E-state index is 0.249. The zero-order valence-electron chi connectivity index (χ0n) is 17.6. The van der Waals surface area contributed by atoms with Crippen molar-refractivity contribution in [3.8, 4) is 0 Å². The fourth-order valence-electron chi connectivity index (χ4n) is 3.33. The van der Waals surface area contributed by atoms with Crippen LogP contribution in [0.1, 0.15) is 136 Å². The van der Waals surface area contributed by atoms with Crippen LogP contribution >= 0.6 is 0 Å². The van der Waals surface area contributed by atoms with Crippen LogP contribution in [0.15, 0.2) is 0 Å². The molecule has 0 atom stereocenters. The Morgan fingerprint density at radius 2 is 0.880 bits per heavy atom. The molecule has 0 heterocycles. The molecule has 2 heteroatoms. The summed E-state index contributed by atoms with van der Waals surface area (Å²) in [6.07, 6.45) is 25.1. The normalized spacial score (nSPS) is 11.0. The Balaban J connectivity index is 3.06. The first-order chi connectivity index (χ1) is 12.3. The van der Waals surface area contributed by atoms with Gasteiger partial charge in [0, 0.05) is 13.0 Å². The molecule has 0 aromatic heterocycles. The lowest BCUT2D eigenvalue weighted by Crippen LogP contribution is -2.23. The third-order valence-corrected chi connectivity index (χ3v) is 5.11. The average molecular weight is 354 g/mol. The number of hydrogen-bond acceptors (Lipinski definition) is 1. The molecule has 0 radical (unpaired) electrons. The molecule has 0 rings (SSSR count). The minimum Gasteiger partial charge on any atom is -0.356 e. The van der Waals surface area contributed by atoms with E-state index in [0.29, 0.717) is 0 Å². The van der Waals surface area contributed by atoms with Crippen LogP contribution in [0.5, 0.6) is 0 Å². The van der Waals surface area contributed by atoms with E-state index in [1.54, 1.807) is 0 Å². The summed E-state index contributed by atoms with van der Waals surface area (Å²) >= 11 is 0. The van der Waals surface area contributed by atoms with Gasteiger partial charge in [-0.15, -0.1) is 0 Å². The Morgan fingerprint density at radius 1 is 0.520 bits per heavy atom.